The van der Waals surface area contributed by atoms with Crippen LogP contribution in [0.2, 0.25) is 0 Å². The summed E-state index contributed by atoms with van der Waals surface area (Å²) in [7, 11) is -3.30. The maximum absolute atomic E-state index is 13.0. The highest BCUT2D eigenvalue weighted by atomic mass is 79.9. The van der Waals surface area contributed by atoms with E-state index in [4.69, 9.17) is 9.72 Å². The zero-order chi connectivity index (χ0) is 21.8. The van der Waals surface area contributed by atoms with E-state index < -0.39 is 9.84 Å². The molecule has 0 N–H and O–H groups in total. The number of aromatic nitrogens is 1. The molecule has 0 radical (unpaired) electrons. The molecule has 2 aromatic carbocycles. The van der Waals surface area contributed by atoms with Gasteiger partial charge in [-0.15, -0.1) is 11.3 Å². The zero-order valence-corrected chi connectivity index (χ0v) is 20.5. The largest absolute Gasteiger partial charge is 0.494 e. The summed E-state index contributed by atoms with van der Waals surface area (Å²) in [6.07, 6.45) is 2.01. The van der Waals surface area contributed by atoms with Crippen molar-refractivity contribution in [1.29, 1.82) is 0 Å². The lowest BCUT2D eigenvalue weighted by Crippen LogP contribution is -2.39. The summed E-state index contributed by atoms with van der Waals surface area (Å²) in [5.74, 6) is 0.881. The highest BCUT2D eigenvalue weighted by Crippen LogP contribution is 2.30. The SMILES string of the molecule is CCOc1ccc(Cc2csc(N3CCC(S(=O)(=O)c4ccc(Br)cc4)CC3)n2)cc1. The Hall–Kier alpha value is -1.90. The number of piperidine rings is 1. The lowest BCUT2D eigenvalue weighted by Gasteiger charge is -2.31. The Kier molecular flexibility index (Phi) is 6.99. The van der Waals surface area contributed by atoms with Crippen molar-refractivity contribution in [2.75, 3.05) is 24.6 Å². The van der Waals surface area contributed by atoms with Crippen molar-refractivity contribution in [3.05, 3.63) is 69.6 Å². The van der Waals surface area contributed by atoms with Gasteiger partial charge in [0.1, 0.15) is 5.75 Å². The van der Waals surface area contributed by atoms with Gasteiger partial charge in [0.2, 0.25) is 0 Å². The highest BCUT2D eigenvalue weighted by molar-refractivity contribution is 9.10. The molecular weight excluding hydrogens is 496 g/mol. The minimum atomic E-state index is -3.30. The van der Waals surface area contributed by atoms with Crippen molar-refractivity contribution in [3.8, 4) is 5.75 Å². The Labute approximate surface area is 196 Å². The van der Waals surface area contributed by atoms with Crippen LogP contribution in [-0.4, -0.2) is 38.3 Å². The number of benzene rings is 2. The molecule has 8 heteroatoms. The first kappa shape index (κ1) is 22.3. The van der Waals surface area contributed by atoms with E-state index in [1.54, 1.807) is 35.6 Å². The summed E-state index contributed by atoms with van der Waals surface area (Å²) in [5, 5.41) is 2.73. The molecule has 0 spiro atoms. The van der Waals surface area contributed by atoms with E-state index in [0.29, 0.717) is 37.4 Å². The van der Waals surface area contributed by atoms with Gasteiger partial charge in [0.15, 0.2) is 15.0 Å². The van der Waals surface area contributed by atoms with Crippen LogP contribution >= 0.6 is 27.3 Å². The Bertz CT molecular complexity index is 1100. The van der Waals surface area contributed by atoms with Crippen molar-refractivity contribution < 1.29 is 13.2 Å². The third-order valence-corrected chi connectivity index (χ3v) is 9.21. The van der Waals surface area contributed by atoms with Gasteiger partial charge >= 0.3 is 0 Å². The highest BCUT2D eigenvalue weighted by Gasteiger charge is 2.32. The van der Waals surface area contributed by atoms with Gasteiger partial charge in [-0.3, -0.25) is 0 Å². The maximum Gasteiger partial charge on any atom is 0.185 e. The molecule has 1 aliphatic rings. The summed E-state index contributed by atoms with van der Waals surface area (Å²) < 4.78 is 32.3. The third-order valence-electron chi connectivity index (χ3n) is 5.45. The number of hydrogen-bond donors (Lipinski definition) is 0. The Morgan fingerprint density at radius 2 is 1.77 bits per heavy atom. The number of nitrogens with zero attached hydrogens (tertiary/aromatic N) is 2. The number of rotatable bonds is 7. The maximum atomic E-state index is 13.0. The van der Waals surface area contributed by atoms with Gasteiger partial charge < -0.3 is 9.64 Å². The first-order valence-corrected chi connectivity index (χ1v) is 13.6. The smallest absolute Gasteiger partial charge is 0.185 e. The average Bonchev–Trinajstić information content (AvgIpc) is 3.24. The second-order valence-electron chi connectivity index (χ2n) is 7.56. The molecule has 0 unspecified atom stereocenters. The molecule has 31 heavy (non-hydrogen) atoms. The molecule has 1 fully saturated rings. The molecule has 1 aromatic heterocycles. The molecule has 1 aliphatic heterocycles. The van der Waals surface area contributed by atoms with Crippen LogP contribution < -0.4 is 9.64 Å². The van der Waals surface area contributed by atoms with Crippen LogP contribution in [0, 0.1) is 0 Å². The Morgan fingerprint density at radius 3 is 2.42 bits per heavy atom. The fourth-order valence-corrected chi connectivity index (χ4v) is 6.65. The second-order valence-corrected chi connectivity index (χ2v) is 11.5. The van der Waals surface area contributed by atoms with Crippen LogP contribution in [0.1, 0.15) is 31.0 Å². The number of anilines is 1. The third kappa shape index (κ3) is 5.30. The minimum Gasteiger partial charge on any atom is -0.494 e. The van der Waals surface area contributed by atoms with E-state index in [0.717, 1.165) is 27.5 Å². The molecule has 0 amide bonds. The number of hydrogen-bond acceptors (Lipinski definition) is 6. The molecule has 5 nitrogen and oxygen atoms in total. The van der Waals surface area contributed by atoms with Gasteiger partial charge in [0.05, 0.1) is 22.4 Å². The molecule has 0 atom stereocenters. The number of ether oxygens (including phenoxy) is 1. The van der Waals surface area contributed by atoms with Gasteiger partial charge in [0.25, 0.3) is 0 Å². The van der Waals surface area contributed by atoms with Crippen LogP contribution in [-0.2, 0) is 16.3 Å². The predicted octanol–water partition coefficient (Wildman–Crippen LogP) is 5.34. The lowest BCUT2D eigenvalue weighted by atomic mass is 10.1. The minimum absolute atomic E-state index is 0.340. The Balaban J connectivity index is 1.36. The number of halogens is 1. The molecule has 0 saturated carbocycles. The van der Waals surface area contributed by atoms with E-state index in [1.165, 1.54) is 5.56 Å². The molecule has 2 heterocycles. The van der Waals surface area contributed by atoms with Gasteiger partial charge in [-0.25, -0.2) is 13.4 Å². The fraction of sp³-hybridized carbons (Fsp3) is 0.348. The first-order chi connectivity index (χ1) is 15.0. The molecule has 0 aliphatic carbocycles. The number of thiazole rings is 1. The monoisotopic (exact) mass is 520 g/mol. The standard InChI is InChI=1S/C23H25BrN2O3S2/c1-2-29-20-7-3-17(4-8-20)15-19-16-30-23(25-19)26-13-11-22(12-14-26)31(27,28)21-9-5-18(24)6-10-21/h3-10,16,22H,2,11-15H2,1H3. The van der Waals surface area contributed by atoms with Gasteiger partial charge in [-0.2, -0.15) is 0 Å². The summed E-state index contributed by atoms with van der Waals surface area (Å²) in [5.41, 5.74) is 2.23. The molecule has 164 valence electrons. The average molecular weight is 522 g/mol. The molecule has 0 bridgehead atoms. The normalized spacial score (nSPS) is 15.2. The van der Waals surface area contributed by atoms with Gasteiger partial charge in [0, 0.05) is 29.4 Å². The van der Waals surface area contributed by atoms with Crippen LogP contribution in [0.15, 0.2) is 63.3 Å². The summed E-state index contributed by atoms with van der Waals surface area (Å²) in [6.45, 7) is 4.05. The quantitative estimate of drug-likeness (QED) is 0.420. The van der Waals surface area contributed by atoms with E-state index >= 15 is 0 Å². The predicted molar refractivity (Wildman–Crippen MR) is 129 cm³/mol. The molecule has 3 aromatic rings. The zero-order valence-electron chi connectivity index (χ0n) is 17.3. The van der Waals surface area contributed by atoms with Crippen molar-refractivity contribution in [3.63, 3.8) is 0 Å². The van der Waals surface area contributed by atoms with Crippen LogP contribution in [0.25, 0.3) is 0 Å². The van der Waals surface area contributed by atoms with Crippen molar-refractivity contribution in [2.24, 2.45) is 0 Å². The van der Waals surface area contributed by atoms with E-state index in [2.05, 4.69) is 38.3 Å². The lowest BCUT2D eigenvalue weighted by molar-refractivity contribution is 0.340. The molecule has 4 rings (SSSR count). The first-order valence-electron chi connectivity index (χ1n) is 10.4. The van der Waals surface area contributed by atoms with Crippen LogP contribution in [0.5, 0.6) is 5.75 Å². The van der Waals surface area contributed by atoms with Crippen LogP contribution in [0.3, 0.4) is 0 Å². The second kappa shape index (κ2) is 9.71. The van der Waals surface area contributed by atoms with Gasteiger partial charge in [-0.05, 0) is 61.7 Å². The van der Waals surface area contributed by atoms with E-state index in [-0.39, 0.29) is 5.25 Å². The summed E-state index contributed by atoms with van der Waals surface area (Å²) >= 11 is 4.99. The Morgan fingerprint density at radius 1 is 1.10 bits per heavy atom. The van der Waals surface area contributed by atoms with Crippen molar-refractivity contribution in [2.45, 2.75) is 36.3 Å². The van der Waals surface area contributed by atoms with Crippen molar-refractivity contribution >= 4 is 42.2 Å². The molecule has 1 saturated heterocycles. The van der Waals surface area contributed by atoms with E-state index in [9.17, 15) is 8.42 Å². The molecular formula is C23H25BrN2O3S2. The van der Waals surface area contributed by atoms with Gasteiger partial charge in [-0.1, -0.05) is 28.1 Å². The fourth-order valence-electron chi connectivity index (χ4n) is 3.78. The van der Waals surface area contributed by atoms with Crippen molar-refractivity contribution in [1.82, 2.24) is 4.98 Å². The summed E-state index contributed by atoms with van der Waals surface area (Å²) in [6, 6.07) is 15.0. The van der Waals surface area contributed by atoms with Crippen LogP contribution in [0.4, 0.5) is 5.13 Å². The topological polar surface area (TPSA) is 59.5 Å². The number of sulfone groups is 1. The summed E-state index contributed by atoms with van der Waals surface area (Å²) in [4.78, 5) is 7.41. The van der Waals surface area contributed by atoms with E-state index in [1.807, 2.05) is 19.1 Å².